The Hall–Kier alpha value is -1.77. The van der Waals surface area contributed by atoms with Crippen molar-refractivity contribution in [2.24, 2.45) is 28.6 Å². The standard InChI is InChI=1S/C28H42NO7/c1-25-9-6-21-22(28(25,34)12-8-20(25)18-13-23(31)35-16-18)7-11-27(33)14-19(5-10-26(21,27)17-30)36-24(32)15-29(2,3)4/h13,17,19-22,33-34H,5-12,14-16H2,1-4H3/q+1/t19-,20+,21+,22+,25+,26-,27-,28-/m0/s1. The number of hydrogen-bond acceptors (Lipinski definition) is 7. The van der Waals surface area contributed by atoms with Crippen LogP contribution < -0.4 is 0 Å². The van der Waals surface area contributed by atoms with Gasteiger partial charge in [0, 0.05) is 17.9 Å². The van der Waals surface area contributed by atoms with E-state index in [9.17, 15) is 24.6 Å². The van der Waals surface area contributed by atoms with Crippen LogP contribution in [0, 0.1) is 28.6 Å². The lowest BCUT2D eigenvalue weighted by atomic mass is 9.41. The quantitative estimate of drug-likeness (QED) is 0.335. The Bertz CT molecular complexity index is 987. The molecular formula is C28H42NO7+. The molecular weight excluding hydrogens is 462 g/mol. The Morgan fingerprint density at radius 1 is 1.11 bits per heavy atom. The minimum atomic E-state index is -1.24. The van der Waals surface area contributed by atoms with Crippen LogP contribution in [-0.2, 0) is 23.9 Å². The number of rotatable bonds is 5. The predicted octanol–water partition coefficient (Wildman–Crippen LogP) is 2.16. The van der Waals surface area contributed by atoms with Gasteiger partial charge in [0.05, 0.1) is 37.8 Å². The van der Waals surface area contributed by atoms with Crippen molar-refractivity contribution in [3.8, 4) is 0 Å². The van der Waals surface area contributed by atoms with Crippen molar-refractivity contribution in [1.82, 2.24) is 0 Å². The van der Waals surface area contributed by atoms with Crippen molar-refractivity contribution >= 4 is 18.2 Å². The lowest BCUT2D eigenvalue weighted by Gasteiger charge is -2.65. The van der Waals surface area contributed by atoms with E-state index in [1.54, 1.807) is 6.08 Å². The molecule has 4 saturated carbocycles. The number of ether oxygens (including phenoxy) is 2. The van der Waals surface area contributed by atoms with Gasteiger partial charge in [-0.05, 0) is 74.7 Å². The van der Waals surface area contributed by atoms with E-state index in [1.807, 2.05) is 21.1 Å². The molecule has 4 fully saturated rings. The molecule has 4 aliphatic carbocycles. The number of quaternary nitrogens is 1. The molecule has 2 N–H and O–H groups in total. The fourth-order valence-corrected chi connectivity index (χ4v) is 9.03. The smallest absolute Gasteiger partial charge is 0.362 e. The van der Waals surface area contributed by atoms with Crippen LogP contribution in [0.4, 0.5) is 0 Å². The van der Waals surface area contributed by atoms with Crippen LogP contribution in [0.3, 0.4) is 0 Å². The molecule has 0 amide bonds. The van der Waals surface area contributed by atoms with Crippen molar-refractivity contribution in [2.75, 3.05) is 34.3 Å². The summed E-state index contributed by atoms with van der Waals surface area (Å²) in [5.74, 6) is -0.725. The monoisotopic (exact) mass is 504 g/mol. The maximum atomic E-state index is 12.9. The Balaban J connectivity index is 1.38. The summed E-state index contributed by atoms with van der Waals surface area (Å²) >= 11 is 0. The summed E-state index contributed by atoms with van der Waals surface area (Å²) in [5.41, 5.74) is -2.57. The first-order valence-electron chi connectivity index (χ1n) is 13.6. The molecule has 0 spiro atoms. The van der Waals surface area contributed by atoms with Gasteiger partial charge in [-0.25, -0.2) is 9.59 Å². The number of aliphatic hydroxyl groups is 2. The molecule has 0 radical (unpaired) electrons. The zero-order valence-electron chi connectivity index (χ0n) is 22.1. The lowest BCUT2D eigenvalue weighted by Crippen LogP contribution is -2.69. The summed E-state index contributed by atoms with van der Waals surface area (Å²) in [6.07, 6.45) is 7.36. The highest BCUT2D eigenvalue weighted by atomic mass is 16.5. The highest BCUT2D eigenvalue weighted by Gasteiger charge is 2.71. The highest BCUT2D eigenvalue weighted by molar-refractivity contribution is 5.85. The maximum Gasteiger partial charge on any atom is 0.362 e. The van der Waals surface area contributed by atoms with Gasteiger partial charge in [-0.15, -0.1) is 0 Å². The van der Waals surface area contributed by atoms with Crippen LogP contribution in [0.2, 0.25) is 0 Å². The van der Waals surface area contributed by atoms with Crippen molar-refractivity contribution in [3.05, 3.63) is 11.6 Å². The SMILES string of the molecule is C[C@]12CC[C@@H]3[C@@H](CC[C@]4(O)C[C@@H](OC(=O)C[N+](C)(C)C)CC[C@]34C=O)[C@@]1(O)CC[C@@H]2C1=CC(=O)OC1. The van der Waals surface area contributed by atoms with Gasteiger partial charge in [0.15, 0.2) is 6.54 Å². The molecule has 1 heterocycles. The third kappa shape index (κ3) is 3.70. The summed E-state index contributed by atoms with van der Waals surface area (Å²) in [6, 6.07) is 0. The molecule has 1 aliphatic heterocycles. The van der Waals surface area contributed by atoms with E-state index < -0.39 is 28.1 Å². The second-order valence-corrected chi connectivity index (χ2v) is 13.5. The molecule has 8 heteroatoms. The van der Waals surface area contributed by atoms with E-state index in [2.05, 4.69) is 6.92 Å². The van der Waals surface area contributed by atoms with Crippen LogP contribution in [0.25, 0.3) is 0 Å². The van der Waals surface area contributed by atoms with E-state index in [1.165, 1.54) is 0 Å². The van der Waals surface area contributed by atoms with Crippen LogP contribution in [0.15, 0.2) is 11.6 Å². The van der Waals surface area contributed by atoms with Crippen molar-refractivity contribution in [1.29, 1.82) is 0 Å². The van der Waals surface area contributed by atoms with E-state index >= 15 is 0 Å². The fraction of sp³-hybridized carbons (Fsp3) is 0.821. The second-order valence-electron chi connectivity index (χ2n) is 13.5. The zero-order valence-corrected chi connectivity index (χ0v) is 22.1. The van der Waals surface area contributed by atoms with Gasteiger partial charge in [0.25, 0.3) is 0 Å². The molecule has 200 valence electrons. The second kappa shape index (κ2) is 8.37. The maximum absolute atomic E-state index is 12.9. The topological polar surface area (TPSA) is 110 Å². The predicted molar refractivity (Wildman–Crippen MR) is 130 cm³/mol. The van der Waals surface area contributed by atoms with Gasteiger partial charge >= 0.3 is 11.9 Å². The number of aldehydes is 1. The average molecular weight is 505 g/mol. The summed E-state index contributed by atoms with van der Waals surface area (Å²) in [5, 5.41) is 24.3. The van der Waals surface area contributed by atoms with Crippen molar-refractivity contribution in [2.45, 2.75) is 82.0 Å². The van der Waals surface area contributed by atoms with Gasteiger partial charge in [-0.2, -0.15) is 0 Å². The van der Waals surface area contributed by atoms with Gasteiger partial charge in [-0.1, -0.05) is 6.92 Å². The number of carbonyl (C=O) groups is 3. The number of likely N-dealkylation sites (N-methyl/N-ethyl adjacent to an activating group) is 1. The van der Waals surface area contributed by atoms with E-state index in [0.29, 0.717) is 43.2 Å². The molecule has 0 bridgehead atoms. The molecule has 5 aliphatic rings. The van der Waals surface area contributed by atoms with Crippen LogP contribution in [0.1, 0.15) is 64.7 Å². The molecule has 8 atom stereocenters. The number of fused-ring (bicyclic) bond motifs is 5. The largest absolute Gasteiger partial charge is 0.458 e. The number of esters is 2. The Morgan fingerprint density at radius 3 is 2.47 bits per heavy atom. The summed E-state index contributed by atoms with van der Waals surface area (Å²) in [7, 11) is 5.78. The average Bonchev–Trinajstić information content (AvgIpc) is 3.31. The Labute approximate surface area is 213 Å². The molecule has 5 rings (SSSR count). The minimum absolute atomic E-state index is 0.0826. The number of nitrogens with zero attached hydrogens (tertiary/aromatic N) is 1. The molecule has 0 unspecified atom stereocenters. The van der Waals surface area contributed by atoms with Gasteiger partial charge in [-0.3, -0.25) is 0 Å². The first kappa shape index (κ1) is 25.9. The molecule has 0 aromatic rings. The first-order valence-corrected chi connectivity index (χ1v) is 13.6. The molecule has 0 saturated heterocycles. The minimum Gasteiger partial charge on any atom is -0.458 e. The first-order chi connectivity index (χ1) is 16.8. The normalized spacial score (nSPS) is 46.2. The van der Waals surface area contributed by atoms with E-state index in [0.717, 1.165) is 31.1 Å². The number of cyclic esters (lactones) is 1. The van der Waals surface area contributed by atoms with Gasteiger partial charge in [0.2, 0.25) is 0 Å². The van der Waals surface area contributed by atoms with E-state index in [-0.39, 0.29) is 42.7 Å². The third-order valence-electron chi connectivity index (χ3n) is 10.7. The number of carbonyl (C=O) groups excluding carboxylic acids is 3. The van der Waals surface area contributed by atoms with Gasteiger partial charge in [0.1, 0.15) is 19.0 Å². The molecule has 36 heavy (non-hydrogen) atoms. The Kier molecular flexibility index (Phi) is 6.01. The van der Waals surface area contributed by atoms with Crippen LogP contribution in [0.5, 0.6) is 0 Å². The Morgan fingerprint density at radius 2 is 1.83 bits per heavy atom. The molecule has 0 aromatic heterocycles. The fourth-order valence-electron chi connectivity index (χ4n) is 9.03. The van der Waals surface area contributed by atoms with Crippen molar-refractivity contribution in [3.63, 3.8) is 0 Å². The van der Waals surface area contributed by atoms with E-state index in [4.69, 9.17) is 9.47 Å². The summed E-state index contributed by atoms with van der Waals surface area (Å²) in [4.78, 5) is 37.1. The zero-order chi connectivity index (χ0) is 26.1. The molecule has 8 nitrogen and oxygen atoms in total. The van der Waals surface area contributed by atoms with Crippen LogP contribution >= 0.6 is 0 Å². The summed E-state index contributed by atoms with van der Waals surface area (Å²) in [6.45, 7) is 2.69. The van der Waals surface area contributed by atoms with Gasteiger partial charge < -0.3 is 29.0 Å². The number of hydrogen-bond donors (Lipinski definition) is 2. The lowest BCUT2D eigenvalue weighted by molar-refractivity contribution is -0.862. The third-order valence-corrected chi connectivity index (χ3v) is 10.7. The molecule has 0 aromatic carbocycles. The summed E-state index contributed by atoms with van der Waals surface area (Å²) < 4.78 is 11.4. The highest BCUT2D eigenvalue weighted by Crippen LogP contribution is 2.70. The van der Waals surface area contributed by atoms with Crippen LogP contribution in [-0.4, -0.2) is 84.5 Å². The van der Waals surface area contributed by atoms with Crippen molar-refractivity contribution < 1.29 is 38.6 Å².